The predicted octanol–water partition coefficient (Wildman–Crippen LogP) is 5.10. The zero-order valence-electron chi connectivity index (χ0n) is 14.1. The van der Waals surface area contributed by atoms with Gasteiger partial charge in [-0.25, -0.2) is 4.98 Å². The lowest BCUT2D eigenvalue weighted by atomic mass is 9.95. The highest BCUT2D eigenvalue weighted by Gasteiger charge is 2.30. The van der Waals surface area contributed by atoms with Crippen molar-refractivity contribution in [1.29, 1.82) is 0 Å². The summed E-state index contributed by atoms with van der Waals surface area (Å²) in [5, 5.41) is 5.84. The number of halogens is 3. The van der Waals surface area contributed by atoms with E-state index < -0.39 is 17.6 Å². The maximum absolute atomic E-state index is 12.8. The molecule has 1 fully saturated rings. The highest BCUT2D eigenvalue weighted by atomic mass is 19.4. The standard InChI is InChI=1S/C19H20F3N3O/c20-19(21,22)14-5-4-8-16(12-14)25-18(26)13-9-10-23-17(11-13)24-15-6-2-1-3-7-15/h4-5,8-12,15H,1-3,6-7H2,(H,23,24)(H,25,26). The molecule has 1 aliphatic carbocycles. The largest absolute Gasteiger partial charge is 0.416 e. The molecule has 1 saturated carbocycles. The molecule has 0 unspecified atom stereocenters. The summed E-state index contributed by atoms with van der Waals surface area (Å²) in [5.74, 6) is 0.131. The Hall–Kier alpha value is -2.57. The van der Waals surface area contributed by atoms with E-state index in [0.717, 1.165) is 25.0 Å². The van der Waals surface area contributed by atoms with Crippen molar-refractivity contribution in [2.24, 2.45) is 0 Å². The van der Waals surface area contributed by atoms with Gasteiger partial charge in [0.25, 0.3) is 5.91 Å². The van der Waals surface area contributed by atoms with E-state index in [-0.39, 0.29) is 5.69 Å². The monoisotopic (exact) mass is 363 g/mol. The number of alkyl halides is 3. The van der Waals surface area contributed by atoms with Crippen LogP contribution in [0.2, 0.25) is 0 Å². The maximum Gasteiger partial charge on any atom is 0.416 e. The van der Waals surface area contributed by atoms with Gasteiger partial charge in [-0.3, -0.25) is 4.79 Å². The normalized spacial score (nSPS) is 15.5. The van der Waals surface area contributed by atoms with E-state index in [1.807, 2.05) is 0 Å². The number of carbonyl (C=O) groups excluding carboxylic acids is 1. The molecule has 1 aromatic carbocycles. The van der Waals surface area contributed by atoms with Crippen LogP contribution in [0.5, 0.6) is 0 Å². The van der Waals surface area contributed by atoms with Gasteiger partial charge in [0.15, 0.2) is 0 Å². The fraction of sp³-hybridized carbons (Fsp3) is 0.368. The number of amides is 1. The Kier molecular flexibility index (Phi) is 5.44. The zero-order chi connectivity index (χ0) is 18.6. The molecule has 0 saturated heterocycles. The summed E-state index contributed by atoms with van der Waals surface area (Å²) in [5.41, 5.74) is -0.358. The molecule has 0 aliphatic heterocycles. The van der Waals surface area contributed by atoms with Crippen LogP contribution in [-0.4, -0.2) is 16.9 Å². The number of anilines is 2. The average molecular weight is 363 g/mol. The van der Waals surface area contributed by atoms with Crippen LogP contribution >= 0.6 is 0 Å². The first-order valence-corrected chi connectivity index (χ1v) is 8.63. The number of aromatic nitrogens is 1. The average Bonchev–Trinajstić information content (AvgIpc) is 2.62. The van der Waals surface area contributed by atoms with Gasteiger partial charge in [0, 0.05) is 23.5 Å². The van der Waals surface area contributed by atoms with Crippen LogP contribution < -0.4 is 10.6 Å². The highest BCUT2D eigenvalue weighted by Crippen LogP contribution is 2.30. The van der Waals surface area contributed by atoms with Crippen molar-refractivity contribution in [3.63, 3.8) is 0 Å². The van der Waals surface area contributed by atoms with Crippen LogP contribution in [0, 0.1) is 0 Å². The molecular weight excluding hydrogens is 343 g/mol. The summed E-state index contributed by atoms with van der Waals surface area (Å²) in [6, 6.07) is 8.08. The second kappa shape index (κ2) is 7.76. The number of nitrogens with one attached hydrogen (secondary N) is 2. The third-order valence-electron chi connectivity index (χ3n) is 4.43. The molecule has 0 atom stereocenters. The Morgan fingerprint density at radius 3 is 2.58 bits per heavy atom. The fourth-order valence-electron chi connectivity index (χ4n) is 3.08. The first kappa shape index (κ1) is 18.2. The van der Waals surface area contributed by atoms with Crippen LogP contribution in [0.1, 0.15) is 48.0 Å². The summed E-state index contributed by atoms with van der Waals surface area (Å²) in [6.45, 7) is 0. The van der Waals surface area contributed by atoms with E-state index >= 15 is 0 Å². The molecule has 26 heavy (non-hydrogen) atoms. The Balaban J connectivity index is 1.69. The van der Waals surface area contributed by atoms with Crippen molar-refractivity contribution >= 4 is 17.4 Å². The van der Waals surface area contributed by atoms with Crippen LogP contribution in [0.25, 0.3) is 0 Å². The van der Waals surface area contributed by atoms with Gasteiger partial charge >= 0.3 is 6.18 Å². The van der Waals surface area contributed by atoms with E-state index in [1.165, 1.54) is 43.7 Å². The molecule has 7 heteroatoms. The minimum atomic E-state index is -4.45. The second-order valence-electron chi connectivity index (χ2n) is 6.44. The molecule has 4 nitrogen and oxygen atoms in total. The molecule has 0 radical (unpaired) electrons. The van der Waals surface area contributed by atoms with E-state index in [1.54, 1.807) is 6.07 Å². The lowest BCUT2D eigenvalue weighted by molar-refractivity contribution is -0.137. The van der Waals surface area contributed by atoms with Crippen LogP contribution in [0.3, 0.4) is 0 Å². The van der Waals surface area contributed by atoms with Crippen molar-refractivity contribution in [2.75, 3.05) is 10.6 Å². The van der Waals surface area contributed by atoms with E-state index in [4.69, 9.17) is 0 Å². The van der Waals surface area contributed by atoms with Gasteiger partial charge in [-0.05, 0) is 43.2 Å². The van der Waals surface area contributed by atoms with Gasteiger partial charge in [-0.1, -0.05) is 25.3 Å². The molecule has 1 aromatic heterocycles. The first-order chi connectivity index (χ1) is 12.4. The zero-order valence-corrected chi connectivity index (χ0v) is 14.1. The smallest absolute Gasteiger partial charge is 0.367 e. The van der Waals surface area contributed by atoms with Crippen molar-refractivity contribution < 1.29 is 18.0 Å². The van der Waals surface area contributed by atoms with E-state index in [0.29, 0.717) is 17.4 Å². The molecule has 1 aliphatic rings. The lowest BCUT2D eigenvalue weighted by Crippen LogP contribution is -2.23. The number of rotatable bonds is 4. The van der Waals surface area contributed by atoms with Crippen molar-refractivity contribution in [2.45, 2.75) is 44.3 Å². The minimum absolute atomic E-state index is 0.100. The van der Waals surface area contributed by atoms with E-state index in [2.05, 4.69) is 15.6 Å². The number of hydrogen-bond donors (Lipinski definition) is 2. The number of benzene rings is 1. The van der Waals surface area contributed by atoms with Crippen LogP contribution in [0.4, 0.5) is 24.7 Å². The molecule has 1 amide bonds. The minimum Gasteiger partial charge on any atom is -0.367 e. The van der Waals surface area contributed by atoms with Gasteiger partial charge in [-0.2, -0.15) is 13.2 Å². The SMILES string of the molecule is O=C(Nc1cccc(C(F)(F)F)c1)c1ccnc(NC2CCCCC2)c1. The second-order valence-corrected chi connectivity index (χ2v) is 6.44. The molecule has 2 aromatic rings. The van der Waals surface area contributed by atoms with E-state index in [9.17, 15) is 18.0 Å². The molecule has 138 valence electrons. The number of carbonyl (C=O) groups is 1. The summed E-state index contributed by atoms with van der Waals surface area (Å²) in [6.07, 6.45) is 2.80. The highest BCUT2D eigenvalue weighted by molar-refractivity contribution is 6.04. The quantitative estimate of drug-likeness (QED) is 0.795. The Labute approximate surface area is 149 Å². The van der Waals surface area contributed by atoms with Crippen molar-refractivity contribution in [1.82, 2.24) is 4.98 Å². The summed E-state index contributed by atoms with van der Waals surface area (Å²) in [4.78, 5) is 16.6. The topological polar surface area (TPSA) is 54.0 Å². The van der Waals surface area contributed by atoms with Gasteiger partial charge in [-0.15, -0.1) is 0 Å². The number of hydrogen-bond acceptors (Lipinski definition) is 3. The summed E-state index contributed by atoms with van der Waals surface area (Å²) >= 11 is 0. The van der Waals surface area contributed by atoms with Crippen molar-refractivity contribution in [3.8, 4) is 0 Å². The number of pyridine rings is 1. The third-order valence-corrected chi connectivity index (χ3v) is 4.43. The van der Waals surface area contributed by atoms with Gasteiger partial charge in [0.2, 0.25) is 0 Å². The Morgan fingerprint density at radius 1 is 1.08 bits per heavy atom. The summed E-state index contributed by atoms with van der Waals surface area (Å²) in [7, 11) is 0. The fourth-order valence-corrected chi connectivity index (χ4v) is 3.08. The van der Waals surface area contributed by atoms with Crippen molar-refractivity contribution in [3.05, 3.63) is 53.7 Å². The van der Waals surface area contributed by atoms with Gasteiger partial charge < -0.3 is 10.6 Å². The molecule has 2 N–H and O–H groups in total. The molecular formula is C19H20F3N3O. The van der Waals surface area contributed by atoms with Crippen LogP contribution in [-0.2, 0) is 6.18 Å². The summed E-state index contributed by atoms with van der Waals surface area (Å²) < 4.78 is 38.3. The molecule has 1 heterocycles. The maximum atomic E-state index is 12.8. The Bertz CT molecular complexity index is 771. The molecule has 3 rings (SSSR count). The van der Waals surface area contributed by atoms with Gasteiger partial charge in [0.1, 0.15) is 5.82 Å². The van der Waals surface area contributed by atoms with Gasteiger partial charge in [0.05, 0.1) is 5.56 Å². The molecule has 0 spiro atoms. The van der Waals surface area contributed by atoms with Crippen LogP contribution in [0.15, 0.2) is 42.6 Å². The lowest BCUT2D eigenvalue weighted by Gasteiger charge is -2.23. The third kappa shape index (κ3) is 4.74. The Morgan fingerprint density at radius 2 is 1.85 bits per heavy atom. The first-order valence-electron chi connectivity index (χ1n) is 8.63. The molecule has 0 bridgehead atoms. The number of nitrogens with zero attached hydrogens (tertiary/aromatic N) is 1. The predicted molar refractivity (Wildman–Crippen MR) is 94.1 cm³/mol.